The van der Waals surface area contributed by atoms with Gasteiger partial charge >= 0.3 is 0 Å². The molecule has 0 unspecified atom stereocenters. The molecule has 3 nitrogen and oxygen atoms in total. The van der Waals surface area contributed by atoms with E-state index in [4.69, 9.17) is 14.6 Å². The van der Waals surface area contributed by atoms with Gasteiger partial charge in [-0.3, -0.25) is 0 Å². The van der Waals surface area contributed by atoms with Crippen molar-refractivity contribution in [1.82, 2.24) is 15.0 Å². The summed E-state index contributed by atoms with van der Waals surface area (Å²) in [7, 11) is 0. The van der Waals surface area contributed by atoms with Gasteiger partial charge in [0.25, 0.3) is 0 Å². The molecule has 44 heavy (non-hydrogen) atoms. The van der Waals surface area contributed by atoms with Gasteiger partial charge in [-0.1, -0.05) is 145 Å². The van der Waals surface area contributed by atoms with Crippen molar-refractivity contribution in [2.24, 2.45) is 0 Å². The highest BCUT2D eigenvalue weighted by Gasteiger charge is 2.15. The molecule has 7 aromatic carbocycles. The van der Waals surface area contributed by atoms with E-state index in [0.29, 0.717) is 11.1 Å². The smallest absolute Gasteiger partial charge is 0.164 e. The fraction of sp³-hybridized carbons (Fsp3) is 0. The van der Waals surface area contributed by atoms with Gasteiger partial charge in [0.05, 0.1) is 15.1 Å². The van der Waals surface area contributed by atoms with Crippen molar-refractivity contribution in [3.63, 3.8) is 0 Å². The summed E-state index contributed by atoms with van der Waals surface area (Å²) in [6.07, 6.45) is 0. The normalized spacial score (nSPS) is 14.7. The molecule has 0 saturated heterocycles. The molecule has 0 bridgehead atoms. The largest absolute Gasteiger partial charge is 0.208 e. The Bertz CT molecular complexity index is 2870. The molecule has 0 radical (unpaired) electrons. The first-order chi connectivity index (χ1) is 26.4. The fourth-order valence-corrected chi connectivity index (χ4v) is 5.08. The van der Waals surface area contributed by atoms with E-state index in [0.717, 1.165) is 10.8 Å². The van der Waals surface area contributed by atoms with Gasteiger partial charge in [-0.25, -0.2) is 15.0 Å². The first-order valence-electron chi connectivity index (χ1n) is 19.4. The van der Waals surface area contributed by atoms with Gasteiger partial charge in [-0.05, 0) is 61.9 Å². The minimum absolute atomic E-state index is 0.00296. The second-order valence-corrected chi connectivity index (χ2v) is 10.0. The van der Waals surface area contributed by atoms with Gasteiger partial charge < -0.3 is 0 Å². The topological polar surface area (TPSA) is 38.7 Å². The van der Waals surface area contributed by atoms with Crippen LogP contribution in [0.4, 0.5) is 0 Å². The first-order valence-corrected chi connectivity index (χ1v) is 13.9. The zero-order valence-electron chi connectivity index (χ0n) is 34.1. The monoisotopic (exact) mass is 572 g/mol. The van der Waals surface area contributed by atoms with Crippen molar-refractivity contribution in [3.05, 3.63) is 164 Å². The van der Waals surface area contributed by atoms with Crippen LogP contribution in [-0.2, 0) is 0 Å². The van der Waals surface area contributed by atoms with Crippen LogP contribution in [0.1, 0.15) is 15.1 Å². The number of nitrogens with zero attached hydrogens (tertiary/aromatic N) is 3. The molecule has 0 saturated carbocycles. The van der Waals surface area contributed by atoms with Gasteiger partial charge in [0, 0.05) is 16.7 Å². The minimum Gasteiger partial charge on any atom is -0.208 e. The SMILES string of the molecule is [2H]c1c([2H])c([2H])c(-c2nc(-c3ccccc3)nc(-c3ccccc3-c3c([2H])c([2H])c4c([2H])c(-c5ccc6ccccc6c5)c([2H])c([2H])c4c3[2H])n2)c([2H])c1[2H]. The molecule has 0 fully saturated rings. The Kier molecular flexibility index (Phi) is 4.18. The van der Waals surface area contributed by atoms with Crippen LogP contribution in [-0.4, -0.2) is 15.0 Å². The van der Waals surface area contributed by atoms with Crippen LogP contribution in [0.5, 0.6) is 0 Å². The molecule has 0 aliphatic carbocycles. The molecular weight excluding hydrogens is 534 g/mol. The maximum atomic E-state index is 9.42. The van der Waals surface area contributed by atoms with Crippen molar-refractivity contribution in [2.75, 3.05) is 0 Å². The third-order valence-corrected chi connectivity index (χ3v) is 7.24. The van der Waals surface area contributed by atoms with E-state index in [-0.39, 0.29) is 86.3 Å². The maximum Gasteiger partial charge on any atom is 0.164 e. The average Bonchev–Trinajstić information content (AvgIpc) is 3.20. The summed E-state index contributed by atoms with van der Waals surface area (Å²) in [6.45, 7) is 0. The Morgan fingerprint density at radius 1 is 0.364 bits per heavy atom. The minimum atomic E-state index is -0.570. The van der Waals surface area contributed by atoms with Gasteiger partial charge in [0.2, 0.25) is 0 Å². The molecule has 0 aliphatic rings. The average molecular weight is 573 g/mol. The Balaban J connectivity index is 1.38. The zero-order chi connectivity index (χ0) is 38.9. The number of hydrogen-bond acceptors (Lipinski definition) is 3. The summed E-state index contributed by atoms with van der Waals surface area (Å²) in [6, 6.07) is 23.8. The summed E-state index contributed by atoms with van der Waals surface area (Å²) >= 11 is 0. The molecule has 0 atom stereocenters. The van der Waals surface area contributed by atoms with Gasteiger partial charge in [0.15, 0.2) is 17.5 Å². The number of benzene rings is 7. The standard InChI is InChI=1S/C41H27N3/c1-3-12-29(13-4-1)39-42-40(30-14-5-2-6-15-30)44-41(43-39)38-18-10-9-17-37(38)36-24-23-34-26-33(21-22-35(34)27-36)32-20-19-28-11-7-8-16-31(28)25-32/h1-27H/i1D,3D,4D,12D,13D,21D,22D,23D,24D,26D,27D. The van der Waals surface area contributed by atoms with Gasteiger partial charge in [-0.2, -0.15) is 0 Å². The highest BCUT2D eigenvalue weighted by molar-refractivity contribution is 5.94. The summed E-state index contributed by atoms with van der Waals surface area (Å²) in [5, 5.41) is 1.62. The molecule has 0 N–H and O–H groups in total. The molecule has 0 spiro atoms. The summed E-state index contributed by atoms with van der Waals surface area (Å²) in [4.78, 5) is 13.9. The zero-order valence-corrected chi connectivity index (χ0v) is 23.1. The maximum absolute atomic E-state index is 9.42. The number of rotatable bonds is 5. The molecule has 206 valence electrons. The van der Waals surface area contributed by atoms with E-state index in [9.17, 15) is 5.48 Å². The predicted octanol–water partition coefficient (Wildman–Crippen LogP) is 10.5. The molecule has 0 aliphatic heterocycles. The summed E-state index contributed by atoms with van der Waals surface area (Å²) in [5.41, 5.74) is 1.40. The van der Waals surface area contributed by atoms with Crippen molar-refractivity contribution in [1.29, 1.82) is 0 Å². The highest BCUT2D eigenvalue weighted by atomic mass is 15.0. The van der Waals surface area contributed by atoms with Crippen LogP contribution in [0, 0.1) is 0 Å². The third-order valence-electron chi connectivity index (χ3n) is 7.24. The predicted molar refractivity (Wildman–Crippen MR) is 182 cm³/mol. The summed E-state index contributed by atoms with van der Waals surface area (Å²) < 4.78 is 97.0. The van der Waals surface area contributed by atoms with E-state index in [2.05, 4.69) is 9.97 Å². The van der Waals surface area contributed by atoms with Crippen LogP contribution >= 0.6 is 0 Å². The first kappa shape index (κ1) is 16.6. The molecule has 1 aromatic heterocycles. The summed E-state index contributed by atoms with van der Waals surface area (Å²) in [5.74, 6) is -0.0665. The van der Waals surface area contributed by atoms with Gasteiger partial charge in [-0.15, -0.1) is 0 Å². The van der Waals surface area contributed by atoms with Crippen LogP contribution in [0.15, 0.2) is 164 Å². The number of aromatic nitrogens is 3. The lowest BCUT2D eigenvalue weighted by Gasteiger charge is -2.13. The quantitative estimate of drug-likeness (QED) is 0.206. The van der Waals surface area contributed by atoms with Crippen molar-refractivity contribution in [2.45, 2.75) is 0 Å². The molecule has 0 amide bonds. The van der Waals surface area contributed by atoms with E-state index in [1.807, 2.05) is 36.4 Å². The Morgan fingerprint density at radius 2 is 0.977 bits per heavy atom. The number of hydrogen-bond donors (Lipinski definition) is 0. The number of fused-ring (bicyclic) bond motifs is 2. The van der Waals surface area contributed by atoms with Crippen LogP contribution in [0.2, 0.25) is 0 Å². The van der Waals surface area contributed by atoms with Gasteiger partial charge in [0.1, 0.15) is 0 Å². The van der Waals surface area contributed by atoms with E-state index >= 15 is 0 Å². The lowest BCUT2D eigenvalue weighted by atomic mass is 9.94. The molecule has 3 heteroatoms. The van der Waals surface area contributed by atoms with E-state index < -0.39 is 36.3 Å². The van der Waals surface area contributed by atoms with E-state index in [1.165, 1.54) is 0 Å². The molecule has 1 heterocycles. The molecular formula is C41H27N3. The van der Waals surface area contributed by atoms with Crippen molar-refractivity contribution in [3.8, 4) is 56.4 Å². The molecule has 8 rings (SSSR count). The Morgan fingerprint density at radius 3 is 1.77 bits per heavy atom. The lowest BCUT2D eigenvalue weighted by molar-refractivity contribution is 1.07. The second kappa shape index (κ2) is 11.0. The van der Waals surface area contributed by atoms with Crippen LogP contribution in [0.3, 0.4) is 0 Å². The van der Waals surface area contributed by atoms with Crippen molar-refractivity contribution >= 4 is 21.5 Å². The van der Waals surface area contributed by atoms with E-state index in [1.54, 1.807) is 60.7 Å². The van der Waals surface area contributed by atoms with Crippen LogP contribution < -0.4 is 0 Å². The molecule has 8 aromatic rings. The fourth-order valence-electron chi connectivity index (χ4n) is 5.08. The Labute approximate surface area is 271 Å². The lowest BCUT2D eigenvalue weighted by Crippen LogP contribution is -2.01. The van der Waals surface area contributed by atoms with Crippen molar-refractivity contribution < 1.29 is 15.1 Å². The third kappa shape index (κ3) is 4.91. The highest BCUT2D eigenvalue weighted by Crippen LogP contribution is 2.35. The second-order valence-electron chi connectivity index (χ2n) is 10.0. The Hall–Kier alpha value is -5.93. The van der Waals surface area contributed by atoms with Crippen LogP contribution in [0.25, 0.3) is 78.0 Å².